The minimum atomic E-state index is -0.316. The van der Waals surface area contributed by atoms with Crippen LogP contribution in [0.4, 0.5) is 0 Å². The van der Waals surface area contributed by atoms with E-state index in [2.05, 4.69) is 11.4 Å². The summed E-state index contributed by atoms with van der Waals surface area (Å²) in [6.45, 7) is 3.81. The molecule has 0 radical (unpaired) electrons. The summed E-state index contributed by atoms with van der Waals surface area (Å²) in [5, 5.41) is 13.7. The standard InChI is InChI=1S/C11H14N2OS/c1-8(2)13-11(14)6-9(7-12)10-4-3-5-15-10/h3-5,8-9H,6H2,1-2H3,(H,13,14). The van der Waals surface area contributed by atoms with Crippen molar-refractivity contribution in [1.29, 1.82) is 5.26 Å². The third-order valence-electron chi connectivity index (χ3n) is 1.88. The molecule has 0 aliphatic rings. The van der Waals surface area contributed by atoms with Gasteiger partial charge in [-0.05, 0) is 25.3 Å². The van der Waals surface area contributed by atoms with Gasteiger partial charge in [-0.1, -0.05) is 6.07 Å². The second-order valence-corrected chi connectivity index (χ2v) is 4.60. The Morgan fingerprint density at radius 3 is 2.87 bits per heavy atom. The number of nitrogens with zero attached hydrogens (tertiary/aromatic N) is 1. The molecule has 1 atom stereocenters. The van der Waals surface area contributed by atoms with Crippen LogP contribution in [0.15, 0.2) is 17.5 Å². The number of carbonyl (C=O) groups excluding carboxylic acids is 1. The van der Waals surface area contributed by atoms with Gasteiger partial charge in [0.15, 0.2) is 0 Å². The summed E-state index contributed by atoms with van der Waals surface area (Å²) in [5.41, 5.74) is 0. The van der Waals surface area contributed by atoms with E-state index in [1.54, 1.807) is 0 Å². The normalized spacial score (nSPS) is 12.1. The molecule has 0 aromatic carbocycles. The third-order valence-corrected chi connectivity index (χ3v) is 2.87. The molecule has 1 N–H and O–H groups in total. The maximum absolute atomic E-state index is 11.5. The molecular weight excluding hydrogens is 208 g/mol. The Bertz CT molecular complexity index is 351. The summed E-state index contributed by atoms with van der Waals surface area (Å²) in [4.78, 5) is 12.4. The van der Waals surface area contributed by atoms with Crippen LogP contribution in [-0.2, 0) is 4.79 Å². The van der Waals surface area contributed by atoms with Gasteiger partial charge >= 0.3 is 0 Å². The number of hydrogen-bond acceptors (Lipinski definition) is 3. The molecule has 0 aliphatic carbocycles. The highest BCUT2D eigenvalue weighted by Crippen LogP contribution is 2.23. The molecule has 1 unspecified atom stereocenters. The van der Waals surface area contributed by atoms with E-state index in [9.17, 15) is 4.79 Å². The van der Waals surface area contributed by atoms with E-state index in [4.69, 9.17) is 5.26 Å². The number of thiophene rings is 1. The van der Waals surface area contributed by atoms with E-state index in [1.165, 1.54) is 11.3 Å². The second-order valence-electron chi connectivity index (χ2n) is 3.62. The zero-order valence-electron chi connectivity index (χ0n) is 8.86. The first kappa shape index (κ1) is 11.7. The number of amides is 1. The van der Waals surface area contributed by atoms with E-state index in [-0.39, 0.29) is 24.3 Å². The number of nitriles is 1. The number of hydrogen-bond donors (Lipinski definition) is 1. The lowest BCUT2D eigenvalue weighted by molar-refractivity contribution is -0.121. The van der Waals surface area contributed by atoms with Crippen molar-refractivity contribution < 1.29 is 4.79 Å². The van der Waals surface area contributed by atoms with E-state index >= 15 is 0 Å². The van der Waals surface area contributed by atoms with Crippen LogP contribution in [0.3, 0.4) is 0 Å². The summed E-state index contributed by atoms with van der Waals surface area (Å²) in [6.07, 6.45) is 0.245. The molecular formula is C11H14N2OS. The first-order valence-corrected chi connectivity index (χ1v) is 5.74. The Morgan fingerprint density at radius 1 is 1.67 bits per heavy atom. The molecule has 4 heteroatoms. The molecule has 1 aromatic rings. The molecule has 1 heterocycles. The van der Waals surface area contributed by atoms with Gasteiger partial charge in [0.1, 0.15) is 0 Å². The molecule has 1 rings (SSSR count). The van der Waals surface area contributed by atoms with Gasteiger partial charge in [-0.2, -0.15) is 5.26 Å². The third kappa shape index (κ3) is 3.72. The van der Waals surface area contributed by atoms with Crippen LogP contribution < -0.4 is 5.32 Å². The largest absolute Gasteiger partial charge is 0.354 e. The van der Waals surface area contributed by atoms with Crippen molar-refractivity contribution in [2.45, 2.75) is 32.2 Å². The number of carbonyl (C=O) groups is 1. The highest BCUT2D eigenvalue weighted by atomic mass is 32.1. The van der Waals surface area contributed by atoms with Crippen molar-refractivity contribution >= 4 is 17.2 Å². The molecule has 3 nitrogen and oxygen atoms in total. The van der Waals surface area contributed by atoms with Crippen molar-refractivity contribution in [3.63, 3.8) is 0 Å². The Morgan fingerprint density at radius 2 is 2.40 bits per heavy atom. The summed E-state index contributed by atoms with van der Waals surface area (Å²) in [6, 6.07) is 6.07. The monoisotopic (exact) mass is 222 g/mol. The number of nitrogens with one attached hydrogen (secondary N) is 1. The average Bonchev–Trinajstić information content (AvgIpc) is 2.65. The fourth-order valence-electron chi connectivity index (χ4n) is 1.27. The highest BCUT2D eigenvalue weighted by molar-refractivity contribution is 7.10. The summed E-state index contributed by atoms with van der Waals surface area (Å²) in [5.74, 6) is -0.381. The lowest BCUT2D eigenvalue weighted by Gasteiger charge is -2.10. The summed E-state index contributed by atoms with van der Waals surface area (Å²) < 4.78 is 0. The van der Waals surface area contributed by atoms with Crippen molar-refractivity contribution in [2.24, 2.45) is 0 Å². The van der Waals surface area contributed by atoms with Gasteiger partial charge in [0.2, 0.25) is 5.91 Å². The second kappa shape index (κ2) is 5.52. The van der Waals surface area contributed by atoms with Crippen molar-refractivity contribution in [3.8, 4) is 6.07 Å². The van der Waals surface area contributed by atoms with Gasteiger partial charge in [-0.3, -0.25) is 4.79 Å². The maximum atomic E-state index is 11.5. The van der Waals surface area contributed by atoms with Crippen LogP contribution in [0.25, 0.3) is 0 Å². The molecule has 0 aliphatic heterocycles. The quantitative estimate of drug-likeness (QED) is 0.849. The van der Waals surface area contributed by atoms with Gasteiger partial charge in [0, 0.05) is 17.3 Å². The summed E-state index contributed by atoms with van der Waals surface area (Å²) >= 11 is 1.51. The van der Waals surface area contributed by atoms with Crippen molar-refractivity contribution in [1.82, 2.24) is 5.32 Å². The molecule has 0 bridgehead atoms. The Kier molecular flexibility index (Phi) is 4.32. The van der Waals surface area contributed by atoms with Crippen LogP contribution in [0.1, 0.15) is 31.1 Å². The molecule has 80 valence electrons. The fourth-order valence-corrected chi connectivity index (χ4v) is 2.04. The van der Waals surface area contributed by atoms with Crippen molar-refractivity contribution in [2.75, 3.05) is 0 Å². The van der Waals surface area contributed by atoms with Gasteiger partial charge in [0.25, 0.3) is 0 Å². The lowest BCUT2D eigenvalue weighted by Crippen LogP contribution is -2.30. The predicted molar refractivity (Wildman–Crippen MR) is 60.6 cm³/mol. The minimum absolute atomic E-state index is 0.0649. The van der Waals surface area contributed by atoms with E-state index in [0.717, 1.165) is 4.88 Å². The SMILES string of the molecule is CC(C)NC(=O)CC(C#N)c1cccs1. The Hall–Kier alpha value is -1.34. The first-order chi connectivity index (χ1) is 7.13. The zero-order valence-corrected chi connectivity index (χ0v) is 9.67. The first-order valence-electron chi connectivity index (χ1n) is 4.86. The highest BCUT2D eigenvalue weighted by Gasteiger charge is 2.16. The van der Waals surface area contributed by atoms with Gasteiger partial charge < -0.3 is 5.32 Å². The fraction of sp³-hybridized carbons (Fsp3) is 0.455. The topological polar surface area (TPSA) is 52.9 Å². The van der Waals surface area contributed by atoms with Gasteiger partial charge in [-0.25, -0.2) is 0 Å². The van der Waals surface area contributed by atoms with Crippen LogP contribution >= 0.6 is 11.3 Å². The van der Waals surface area contributed by atoms with Gasteiger partial charge in [-0.15, -0.1) is 11.3 Å². The Balaban J connectivity index is 2.56. The molecule has 1 amide bonds. The Labute approximate surface area is 93.7 Å². The molecule has 15 heavy (non-hydrogen) atoms. The number of rotatable bonds is 4. The molecule has 0 fully saturated rings. The lowest BCUT2D eigenvalue weighted by atomic mass is 10.1. The smallest absolute Gasteiger partial charge is 0.221 e. The minimum Gasteiger partial charge on any atom is -0.354 e. The molecule has 0 saturated heterocycles. The van der Waals surface area contributed by atoms with Crippen LogP contribution in [0, 0.1) is 11.3 Å². The average molecular weight is 222 g/mol. The predicted octanol–water partition coefficient (Wildman–Crippen LogP) is 2.27. The maximum Gasteiger partial charge on any atom is 0.221 e. The van der Waals surface area contributed by atoms with Crippen LogP contribution in [-0.4, -0.2) is 11.9 Å². The van der Waals surface area contributed by atoms with E-state index in [0.29, 0.717) is 0 Å². The van der Waals surface area contributed by atoms with Crippen LogP contribution in [0.2, 0.25) is 0 Å². The summed E-state index contributed by atoms with van der Waals surface area (Å²) in [7, 11) is 0. The van der Waals surface area contributed by atoms with E-state index < -0.39 is 0 Å². The van der Waals surface area contributed by atoms with E-state index in [1.807, 2.05) is 31.4 Å². The zero-order chi connectivity index (χ0) is 11.3. The van der Waals surface area contributed by atoms with Gasteiger partial charge in [0.05, 0.1) is 12.0 Å². The molecule has 0 saturated carbocycles. The molecule has 1 aromatic heterocycles. The molecule has 0 spiro atoms. The van der Waals surface area contributed by atoms with Crippen molar-refractivity contribution in [3.05, 3.63) is 22.4 Å². The van der Waals surface area contributed by atoms with Crippen LogP contribution in [0.5, 0.6) is 0 Å².